The van der Waals surface area contributed by atoms with Crippen LogP contribution in [0, 0.1) is 11.8 Å². The molecule has 1 amide bonds. The lowest BCUT2D eigenvalue weighted by atomic mass is 9.87. The molecular formula is C12H24N2O. The second-order valence-electron chi connectivity index (χ2n) is 5.12. The largest absolute Gasteiger partial charge is 0.368 e. The van der Waals surface area contributed by atoms with E-state index in [0.717, 1.165) is 18.9 Å². The van der Waals surface area contributed by atoms with E-state index in [1.54, 1.807) is 0 Å². The van der Waals surface area contributed by atoms with Gasteiger partial charge in [0.05, 0.1) is 6.04 Å². The van der Waals surface area contributed by atoms with Crippen molar-refractivity contribution in [3.8, 4) is 0 Å². The van der Waals surface area contributed by atoms with Crippen LogP contribution < -0.4 is 11.1 Å². The molecular weight excluding hydrogens is 188 g/mol. The number of carbonyl (C=O) groups excluding carboxylic acids is 1. The molecule has 1 aliphatic rings. The van der Waals surface area contributed by atoms with Gasteiger partial charge in [-0.2, -0.15) is 0 Å². The number of nitrogens with two attached hydrogens (primary N) is 1. The maximum absolute atomic E-state index is 11.0. The quantitative estimate of drug-likeness (QED) is 0.728. The fourth-order valence-electron chi connectivity index (χ4n) is 2.29. The molecule has 1 aliphatic heterocycles. The maximum atomic E-state index is 11.0. The van der Waals surface area contributed by atoms with Crippen LogP contribution in [0.2, 0.25) is 0 Å². The van der Waals surface area contributed by atoms with E-state index in [4.69, 9.17) is 5.73 Å². The van der Waals surface area contributed by atoms with Crippen LogP contribution in [0.4, 0.5) is 0 Å². The molecule has 0 bridgehead atoms. The lowest BCUT2D eigenvalue weighted by molar-refractivity contribution is -0.120. The zero-order chi connectivity index (χ0) is 11.3. The zero-order valence-corrected chi connectivity index (χ0v) is 9.96. The van der Waals surface area contributed by atoms with E-state index in [9.17, 15) is 4.79 Å². The number of hydrogen-bond donors (Lipinski definition) is 2. The van der Waals surface area contributed by atoms with Crippen molar-refractivity contribution in [2.24, 2.45) is 17.6 Å². The summed E-state index contributed by atoms with van der Waals surface area (Å²) >= 11 is 0. The summed E-state index contributed by atoms with van der Waals surface area (Å²) in [6.45, 7) is 5.46. The minimum atomic E-state index is -0.191. The van der Waals surface area contributed by atoms with E-state index in [-0.39, 0.29) is 11.9 Å². The minimum absolute atomic E-state index is 0.0807. The fraction of sp³-hybridized carbons (Fsp3) is 0.917. The summed E-state index contributed by atoms with van der Waals surface area (Å²) in [4.78, 5) is 11.0. The van der Waals surface area contributed by atoms with Gasteiger partial charge in [-0.3, -0.25) is 4.79 Å². The highest BCUT2D eigenvalue weighted by atomic mass is 16.1. The van der Waals surface area contributed by atoms with Gasteiger partial charge in [-0.25, -0.2) is 0 Å². The number of amides is 1. The van der Waals surface area contributed by atoms with Gasteiger partial charge in [-0.05, 0) is 31.2 Å². The third-order valence-electron chi connectivity index (χ3n) is 3.25. The molecule has 1 rings (SSSR count). The highest BCUT2D eigenvalue weighted by Gasteiger charge is 2.24. The lowest BCUT2D eigenvalue weighted by Gasteiger charge is -2.28. The van der Waals surface area contributed by atoms with Gasteiger partial charge in [0, 0.05) is 0 Å². The summed E-state index contributed by atoms with van der Waals surface area (Å²) in [5.41, 5.74) is 5.30. The number of piperidine rings is 1. The Balaban J connectivity index is 2.21. The molecule has 15 heavy (non-hydrogen) atoms. The van der Waals surface area contributed by atoms with Crippen molar-refractivity contribution in [3.05, 3.63) is 0 Å². The number of nitrogens with one attached hydrogen (secondary N) is 1. The van der Waals surface area contributed by atoms with E-state index in [2.05, 4.69) is 19.2 Å². The van der Waals surface area contributed by atoms with E-state index in [1.807, 2.05) is 0 Å². The molecule has 1 fully saturated rings. The summed E-state index contributed by atoms with van der Waals surface area (Å²) in [5.74, 6) is 1.30. The summed E-state index contributed by atoms with van der Waals surface area (Å²) in [6.07, 6.45) is 5.97. The van der Waals surface area contributed by atoms with Gasteiger partial charge in [-0.15, -0.1) is 0 Å². The second kappa shape index (κ2) is 6.11. The van der Waals surface area contributed by atoms with Crippen LogP contribution in [0.15, 0.2) is 0 Å². The Morgan fingerprint density at radius 1 is 1.53 bits per heavy atom. The lowest BCUT2D eigenvalue weighted by Crippen LogP contribution is -2.46. The van der Waals surface area contributed by atoms with Crippen LogP contribution in [-0.4, -0.2) is 18.5 Å². The molecule has 88 valence electrons. The van der Waals surface area contributed by atoms with E-state index in [0.29, 0.717) is 5.92 Å². The molecule has 0 aromatic heterocycles. The monoisotopic (exact) mass is 212 g/mol. The van der Waals surface area contributed by atoms with Crippen molar-refractivity contribution in [1.82, 2.24) is 5.32 Å². The molecule has 0 radical (unpaired) electrons. The topological polar surface area (TPSA) is 55.1 Å². The molecule has 0 aromatic rings. The first-order valence-electron chi connectivity index (χ1n) is 6.12. The van der Waals surface area contributed by atoms with Crippen molar-refractivity contribution < 1.29 is 4.79 Å². The Morgan fingerprint density at radius 3 is 2.87 bits per heavy atom. The summed E-state index contributed by atoms with van der Waals surface area (Å²) < 4.78 is 0. The number of rotatable bonds is 5. The molecule has 3 nitrogen and oxygen atoms in total. The smallest absolute Gasteiger partial charge is 0.234 e. The van der Waals surface area contributed by atoms with Crippen molar-refractivity contribution in [1.29, 1.82) is 0 Å². The Kier molecular flexibility index (Phi) is 5.09. The molecule has 3 N–H and O–H groups in total. The van der Waals surface area contributed by atoms with Crippen molar-refractivity contribution >= 4 is 5.91 Å². The average Bonchev–Trinajstić information content (AvgIpc) is 2.17. The molecule has 0 saturated carbocycles. The Hall–Kier alpha value is -0.570. The van der Waals surface area contributed by atoms with Crippen LogP contribution in [0.5, 0.6) is 0 Å². The second-order valence-corrected chi connectivity index (χ2v) is 5.12. The van der Waals surface area contributed by atoms with Crippen molar-refractivity contribution in [3.63, 3.8) is 0 Å². The Labute approximate surface area is 92.8 Å². The predicted octanol–water partition coefficient (Wildman–Crippen LogP) is 1.67. The van der Waals surface area contributed by atoms with Gasteiger partial charge >= 0.3 is 0 Å². The molecule has 0 spiro atoms. The average molecular weight is 212 g/mol. The van der Waals surface area contributed by atoms with E-state index < -0.39 is 0 Å². The van der Waals surface area contributed by atoms with Gasteiger partial charge in [0.2, 0.25) is 5.91 Å². The molecule has 1 saturated heterocycles. The fourth-order valence-corrected chi connectivity index (χ4v) is 2.29. The van der Waals surface area contributed by atoms with E-state index in [1.165, 1.54) is 25.7 Å². The SMILES string of the molecule is CC(C)CCCC1CCNC(C(N)=O)C1. The Morgan fingerprint density at radius 2 is 2.27 bits per heavy atom. The van der Waals surface area contributed by atoms with Gasteiger partial charge in [0.25, 0.3) is 0 Å². The Bertz CT molecular complexity index is 204. The van der Waals surface area contributed by atoms with Crippen LogP contribution in [0.25, 0.3) is 0 Å². The molecule has 1 heterocycles. The van der Waals surface area contributed by atoms with Gasteiger partial charge in [0.15, 0.2) is 0 Å². The highest BCUT2D eigenvalue weighted by molar-refractivity contribution is 5.79. The van der Waals surface area contributed by atoms with Gasteiger partial charge < -0.3 is 11.1 Å². The van der Waals surface area contributed by atoms with Gasteiger partial charge in [-0.1, -0.05) is 33.1 Å². The number of hydrogen-bond acceptors (Lipinski definition) is 2. The molecule has 0 aliphatic carbocycles. The standard InChI is InChI=1S/C12H24N2O/c1-9(2)4-3-5-10-6-7-14-11(8-10)12(13)15/h9-11,14H,3-8H2,1-2H3,(H2,13,15). The van der Waals surface area contributed by atoms with Crippen LogP contribution in [-0.2, 0) is 4.79 Å². The van der Waals surface area contributed by atoms with Crippen LogP contribution in [0.3, 0.4) is 0 Å². The third-order valence-corrected chi connectivity index (χ3v) is 3.25. The van der Waals surface area contributed by atoms with Crippen molar-refractivity contribution in [2.75, 3.05) is 6.54 Å². The highest BCUT2D eigenvalue weighted by Crippen LogP contribution is 2.23. The summed E-state index contributed by atoms with van der Waals surface area (Å²) in [7, 11) is 0. The van der Waals surface area contributed by atoms with E-state index >= 15 is 0 Å². The van der Waals surface area contributed by atoms with Crippen LogP contribution in [0.1, 0.15) is 46.0 Å². The summed E-state index contributed by atoms with van der Waals surface area (Å²) in [5, 5.41) is 3.17. The first-order valence-corrected chi connectivity index (χ1v) is 6.12. The zero-order valence-electron chi connectivity index (χ0n) is 9.96. The number of primary amides is 1. The molecule has 0 aromatic carbocycles. The van der Waals surface area contributed by atoms with Crippen LogP contribution >= 0.6 is 0 Å². The van der Waals surface area contributed by atoms with Gasteiger partial charge in [0.1, 0.15) is 0 Å². The minimum Gasteiger partial charge on any atom is -0.368 e. The molecule has 2 unspecified atom stereocenters. The first kappa shape index (κ1) is 12.5. The third kappa shape index (κ3) is 4.65. The molecule has 2 atom stereocenters. The first-order chi connectivity index (χ1) is 7.09. The maximum Gasteiger partial charge on any atom is 0.234 e. The summed E-state index contributed by atoms with van der Waals surface area (Å²) in [6, 6.07) is -0.0807. The predicted molar refractivity (Wildman–Crippen MR) is 62.4 cm³/mol. The molecule has 3 heteroatoms. The number of carbonyl (C=O) groups is 1. The normalized spacial score (nSPS) is 26.9. The van der Waals surface area contributed by atoms with Crippen molar-refractivity contribution in [2.45, 2.75) is 52.0 Å².